The summed E-state index contributed by atoms with van der Waals surface area (Å²) in [5.41, 5.74) is 0. The summed E-state index contributed by atoms with van der Waals surface area (Å²) in [6.07, 6.45) is 66.1. The van der Waals surface area contributed by atoms with Crippen molar-refractivity contribution < 1.29 is 28.6 Å². The minimum atomic E-state index is -0.776. The fraction of sp³-hybridized carbons (Fsp3) is 0.702. The first-order valence-electron chi connectivity index (χ1n) is 26.1. The smallest absolute Gasteiger partial charge is 0.306 e. The first-order chi connectivity index (χ1) is 31.0. The van der Waals surface area contributed by atoms with Crippen LogP contribution in [0.3, 0.4) is 0 Å². The second-order valence-corrected chi connectivity index (χ2v) is 17.1. The van der Waals surface area contributed by atoms with Gasteiger partial charge in [-0.05, 0) is 89.9 Å². The van der Waals surface area contributed by atoms with E-state index in [1.165, 1.54) is 83.5 Å². The second kappa shape index (κ2) is 51.2. The van der Waals surface area contributed by atoms with Crippen LogP contribution >= 0.6 is 0 Å². The lowest BCUT2D eigenvalue weighted by molar-refractivity contribution is -0.167. The van der Waals surface area contributed by atoms with Gasteiger partial charge < -0.3 is 14.2 Å². The third kappa shape index (κ3) is 49.5. The summed E-state index contributed by atoms with van der Waals surface area (Å²) < 4.78 is 16.6. The molecule has 0 aromatic rings. The van der Waals surface area contributed by atoms with E-state index in [0.29, 0.717) is 19.3 Å². The number of allylic oxidation sites excluding steroid dienone is 14. The SMILES string of the molecule is CC/C=C\C/C=C\C/C=C\C/C=C\C/C=C\C/C=C\CCCCCCCCCCCCC(=O)OCC(COC(=O)CCCCCCCC)OC(=O)CCCCCCC/C=C\CCC. The molecular weight excluding hydrogens is 781 g/mol. The minimum Gasteiger partial charge on any atom is -0.462 e. The van der Waals surface area contributed by atoms with Gasteiger partial charge in [0.05, 0.1) is 0 Å². The van der Waals surface area contributed by atoms with Crippen LogP contribution in [-0.2, 0) is 28.6 Å². The lowest BCUT2D eigenvalue weighted by Gasteiger charge is -2.18. The highest BCUT2D eigenvalue weighted by Crippen LogP contribution is 2.14. The van der Waals surface area contributed by atoms with E-state index in [9.17, 15) is 14.4 Å². The van der Waals surface area contributed by atoms with Gasteiger partial charge in [-0.1, -0.05) is 215 Å². The van der Waals surface area contributed by atoms with Crippen LogP contribution in [0.1, 0.15) is 239 Å². The summed E-state index contributed by atoms with van der Waals surface area (Å²) >= 11 is 0. The third-order valence-electron chi connectivity index (χ3n) is 10.9. The van der Waals surface area contributed by atoms with E-state index < -0.39 is 6.10 Å². The quantitative estimate of drug-likeness (QED) is 0.0262. The molecule has 0 radical (unpaired) electrons. The molecule has 1 atom stereocenters. The minimum absolute atomic E-state index is 0.0806. The van der Waals surface area contributed by atoms with Crippen molar-refractivity contribution in [3.63, 3.8) is 0 Å². The Morgan fingerprint density at radius 2 is 0.651 bits per heavy atom. The van der Waals surface area contributed by atoms with Gasteiger partial charge in [-0.15, -0.1) is 0 Å². The molecule has 0 fully saturated rings. The summed E-state index contributed by atoms with van der Waals surface area (Å²) in [4.78, 5) is 37.6. The van der Waals surface area contributed by atoms with Crippen LogP contribution in [0.5, 0.6) is 0 Å². The van der Waals surface area contributed by atoms with Crippen molar-refractivity contribution in [3.05, 3.63) is 85.1 Å². The Bertz CT molecular complexity index is 1240. The van der Waals surface area contributed by atoms with Gasteiger partial charge >= 0.3 is 17.9 Å². The third-order valence-corrected chi connectivity index (χ3v) is 10.9. The monoisotopic (exact) mass is 877 g/mol. The van der Waals surface area contributed by atoms with Crippen LogP contribution < -0.4 is 0 Å². The average Bonchev–Trinajstić information content (AvgIpc) is 3.28. The zero-order valence-electron chi connectivity index (χ0n) is 41.1. The Kier molecular flexibility index (Phi) is 48.5. The van der Waals surface area contributed by atoms with Crippen LogP contribution in [0.15, 0.2) is 85.1 Å². The normalized spacial score (nSPS) is 12.7. The molecule has 0 heterocycles. The van der Waals surface area contributed by atoms with Crippen LogP contribution in [0.4, 0.5) is 0 Å². The molecule has 0 spiro atoms. The summed E-state index contributed by atoms with van der Waals surface area (Å²) in [5, 5.41) is 0. The van der Waals surface area contributed by atoms with Crippen molar-refractivity contribution in [2.24, 2.45) is 0 Å². The Hall–Kier alpha value is -3.41. The van der Waals surface area contributed by atoms with Gasteiger partial charge in [-0.25, -0.2) is 0 Å². The van der Waals surface area contributed by atoms with Crippen molar-refractivity contribution in [1.82, 2.24) is 0 Å². The largest absolute Gasteiger partial charge is 0.462 e. The number of hydrogen-bond donors (Lipinski definition) is 0. The Morgan fingerprint density at radius 3 is 1.05 bits per heavy atom. The number of carbonyl (C=O) groups excluding carboxylic acids is 3. The van der Waals surface area contributed by atoms with Crippen LogP contribution in [-0.4, -0.2) is 37.2 Å². The Labute approximate surface area is 388 Å². The summed E-state index contributed by atoms with van der Waals surface area (Å²) in [6.45, 7) is 6.38. The molecule has 0 bridgehead atoms. The molecule has 0 N–H and O–H groups in total. The second-order valence-electron chi connectivity index (χ2n) is 17.1. The molecule has 6 nitrogen and oxygen atoms in total. The van der Waals surface area contributed by atoms with Crippen LogP contribution in [0.25, 0.3) is 0 Å². The predicted molar refractivity (Wildman–Crippen MR) is 270 cm³/mol. The number of hydrogen-bond acceptors (Lipinski definition) is 6. The molecule has 0 aromatic carbocycles. The molecule has 63 heavy (non-hydrogen) atoms. The van der Waals surface area contributed by atoms with Gasteiger partial charge in [0, 0.05) is 19.3 Å². The van der Waals surface area contributed by atoms with Crippen LogP contribution in [0, 0.1) is 0 Å². The molecule has 0 saturated heterocycles. The first-order valence-corrected chi connectivity index (χ1v) is 26.1. The van der Waals surface area contributed by atoms with Crippen molar-refractivity contribution >= 4 is 17.9 Å². The van der Waals surface area contributed by atoms with E-state index >= 15 is 0 Å². The van der Waals surface area contributed by atoms with Gasteiger partial charge in [0.1, 0.15) is 13.2 Å². The number of esters is 3. The summed E-state index contributed by atoms with van der Waals surface area (Å²) in [7, 11) is 0. The van der Waals surface area contributed by atoms with E-state index in [4.69, 9.17) is 14.2 Å². The van der Waals surface area contributed by atoms with Crippen molar-refractivity contribution in [2.45, 2.75) is 245 Å². The molecule has 6 heteroatoms. The van der Waals surface area contributed by atoms with E-state index in [-0.39, 0.29) is 31.1 Å². The number of unbranched alkanes of at least 4 members (excludes halogenated alkanes) is 21. The lowest BCUT2D eigenvalue weighted by atomic mass is 10.1. The zero-order valence-corrected chi connectivity index (χ0v) is 41.1. The molecule has 0 aliphatic heterocycles. The molecule has 0 saturated carbocycles. The highest BCUT2D eigenvalue weighted by molar-refractivity contribution is 5.71. The topological polar surface area (TPSA) is 78.9 Å². The Morgan fingerprint density at radius 1 is 0.333 bits per heavy atom. The number of rotatable bonds is 46. The van der Waals surface area contributed by atoms with Crippen molar-refractivity contribution in [2.75, 3.05) is 13.2 Å². The molecule has 0 aliphatic rings. The van der Waals surface area contributed by atoms with Gasteiger partial charge in [0.15, 0.2) is 6.10 Å². The van der Waals surface area contributed by atoms with Crippen molar-refractivity contribution in [1.29, 1.82) is 0 Å². The number of carbonyl (C=O) groups is 3. The molecular formula is C57H96O6. The fourth-order valence-corrected chi connectivity index (χ4v) is 6.98. The van der Waals surface area contributed by atoms with Gasteiger partial charge in [0.25, 0.3) is 0 Å². The fourth-order valence-electron chi connectivity index (χ4n) is 6.98. The maximum absolute atomic E-state index is 12.7. The molecule has 1 unspecified atom stereocenters. The highest BCUT2D eigenvalue weighted by atomic mass is 16.6. The predicted octanol–water partition coefficient (Wildman–Crippen LogP) is 17.2. The molecule has 0 amide bonds. The standard InChI is InChI=1S/C57H96O6/c1-4-7-10-13-16-18-20-21-22-23-24-25-26-27-28-29-30-31-32-33-34-35-36-37-38-40-41-44-47-50-56(59)62-53-54(52-61-55(58)49-46-43-15-12-9-6-3)63-57(60)51-48-45-42-39-19-17-14-11-8-5-2/h7,10-11,14,16,18,21-22,24-25,27-28,30-31,54H,4-6,8-9,12-13,15,17,19-20,23,26,29,32-53H2,1-3H3/b10-7-,14-11-,18-16-,22-21-,25-24-,28-27-,31-30-. The summed E-state index contributed by atoms with van der Waals surface area (Å²) in [5.74, 6) is -0.909. The van der Waals surface area contributed by atoms with Crippen LogP contribution in [0.2, 0.25) is 0 Å². The summed E-state index contributed by atoms with van der Waals surface area (Å²) in [6, 6.07) is 0. The van der Waals surface area contributed by atoms with E-state index in [1.54, 1.807) is 0 Å². The highest BCUT2D eigenvalue weighted by Gasteiger charge is 2.19. The van der Waals surface area contributed by atoms with Gasteiger partial charge in [-0.2, -0.15) is 0 Å². The van der Waals surface area contributed by atoms with E-state index in [2.05, 4.69) is 106 Å². The Balaban J connectivity index is 4.06. The lowest BCUT2D eigenvalue weighted by Crippen LogP contribution is -2.30. The van der Waals surface area contributed by atoms with Crippen molar-refractivity contribution in [3.8, 4) is 0 Å². The molecule has 360 valence electrons. The van der Waals surface area contributed by atoms with Gasteiger partial charge in [-0.3, -0.25) is 14.4 Å². The van der Waals surface area contributed by atoms with Gasteiger partial charge in [0.2, 0.25) is 0 Å². The maximum atomic E-state index is 12.7. The number of ether oxygens (including phenoxy) is 3. The average molecular weight is 877 g/mol. The van der Waals surface area contributed by atoms with E-state index in [1.807, 2.05) is 0 Å². The maximum Gasteiger partial charge on any atom is 0.306 e. The molecule has 0 aliphatic carbocycles. The zero-order chi connectivity index (χ0) is 45.8. The molecule has 0 rings (SSSR count). The van der Waals surface area contributed by atoms with E-state index in [0.717, 1.165) is 116 Å². The first kappa shape index (κ1) is 59.6. The molecule has 0 aromatic heterocycles.